The van der Waals surface area contributed by atoms with Crippen LogP contribution in [-0.4, -0.2) is 72.5 Å². The molecule has 0 aliphatic carbocycles. The molecule has 7 N–H and O–H groups in total. The van der Waals surface area contributed by atoms with Crippen LogP contribution in [0.1, 0.15) is 47.1 Å². The molecule has 2 amide bonds. The first-order valence-corrected chi connectivity index (χ1v) is 13.9. The summed E-state index contributed by atoms with van der Waals surface area (Å²) in [6.45, 7) is 10.3. The molecule has 2 atom stereocenters. The Bertz CT molecular complexity index is 1330. The van der Waals surface area contributed by atoms with Gasteiger partial charge in [0.2, 0.25) is 6.79 Å². The molecule has 0 heterocycles. The number of anilines is 2. The molecule has 0 aromatic heterocycles. The molecule has 2 aromatic carbocycles. The van der Waals surface area contributed by atoms with Crippen molar-refractivity contribution in [3.63, 3.8) is 0 Å². The first kappa shape index (κ1) is 36.1. The predicted molar refractivity (Wildman–Crippen MR) is 163 cm³/mol. The molecule has 0 bridgehead atoms. The van der Waals surface area contributed by atoms with Gasteiger partial charge in [-0.1, -0.05) is 12.1 Å². The third-order valence-corrected chi connectivity index (χ3v) is 5.42. The van der Waals surface area contributed by atoms with E-state index in [1.54, 1.807) is 66.7 Å². The van der Waals surface area contributed by atoms with E-state index in [4.69, 9.17) is 39.9 Å². The van der Waals surface area contributed by atoms with Crippen molar-refractivity contribution in [1.82, 2.24) is 10.6 Å². The van der Waals surface area contributed by atoms with Gasteiger partial charge >= 0.3 is 24.1 Å². The van der Waals surface area contributed by atoms with Gasteiger partial charge in [-0.15, -0.1) is 0 Å². The number of carbonyl (C=O) groups is 4. The van der Waals surface area contributed by atoms with Crippen molar-refractivity contribution in [2.75, 3.05) is 31.5 Å². The van der Waals surface area contributed by atoms with Crippen molar-refractivity contribution < 1.29 is 52.7 Å². The highest BCUT2D eigenvalue weighted by Crippen LogP contribution is 2.28. The zero-order valence-corrected chi connectivity index (χ0v) is 26.4. The van der Waals surface area contributed by atoms with Gasteiger partial charge in [0.15, 0.2) is 12.1 Å². The Balaban J connectivity index is 2.04. The quantitative estimate of drug-likeness (QED) is 0.0924. The molecule has 45 heavy (non-hydrogen) atoms. The standard InChI is InChI=1S/C30H42N4O11/c1-17-9-8-10-20(32)24(17)41-15-22(34-28(39)45-30(5,6)7)26(37)43-16-42-18-11-12-19(31)23(13-18)40-14-21(25(35)36)33-27(38)44-29(2,3)4/h8-13,21-22H,14-16,31-32H2,1-7H3,(H,33,38)(H,34,39)(H,35,36)/t21-,22-/m0/s1. The maximum Gasteiger partial charge on any atom is 0.408 e. The number of carbonyl (C=O) groups excluding carboxylic acids is 3. The normalized spacial score (nSPS) is 12.6. The number of ether oxygens (including phenoxy) is 6. The highest BCUT2D eigenvalue weighted by Gasteiger charge is 2.28. The summed E-state index contributed by atoms with van der Waals surface area (Å²) < 4.78 is 32.3. The minimum absolute atomic E-state index is 0.0461. The van der Waals surface area contributed by atoms with Gasteiger partial charge in [0, 0.05) is 6.07 Å². The fourth-order valence-corrected chi connectivity index (χ4v) is 3.44. The van der Waals surface area contributed by atoms with Crippen LogP contribution in [0.4, 0.5) is 21.0 Å². The van der Waals surface area contributed by atoms with Crippen molar-refractivity contribution in [1.29, 1.82) is 0 Å². The maximum atomic E-state index is 12.9. The molecule has 248 valence electrons. The molecule has 0 unspecified atom stereocenters. The highest BCUT2D eigenvalue weighted by molar-refractivity contribution is 5.82. The Labute approximate surface area is 261 Å². The largest absolute Gasteiger partial charge is 0.489 e. The molecule has 0 fully saturated rings. The lowest BCUT2D eigenvalue weighted by Crippen LogP contribution is -2.47. The van der Waals surface area contributed by atoms with Gasteiger partial charge in [0.05, 0.1) is 11.4 Å². The summed E-state index contributed by atoms with van der Waals surface area (Å²) in [5.41, 5.74) is 11.5. The van der Waals surface area contributed by atoms with Crippen LogP contribution in [0.2, 0.25) is 0 Å². The van der Waals surface area contributed by atoms with Crippen LogP contribution in [0.5, 0.6) is 17.2 Å². The van der Waals surface area contributed by atoms with Crippen LogP contribution in [0.25, 0.3) is 0 Å². The zero-order valence-electron chi connectivity index (χ0n) is 26.4. The van der Waals surface area contributed by atoms with Crippen molar-refractivity contribution in [3.8, 4) is 17.2 Å². The van der Waals surface area contributed by atoms with E-state index < -0.39 is 60.8 Å². The molecule has 0 saturated heterocycles. The summed E-state index contributed by atoms with van der Waals surface area (Å²) in [6, 6.07) is 6.65. The smallest absolute Gasteiger partial charge is 0.408 e. The number of aryl methyl sites for hydroxylation is 1. The average molecular weight is 635 g/mol. The maximum absolute atomic E-state index is 12.9. The predicted octanol–water partition coefficient (Wildman–Crippen LogP) is 3.37. The fraction of sp³-hybridized carbons (Fsp3) is 0.467. The molecular formula is C30H42N4O11. The number of benzene rings is 2. The number of nitrogens with two attached hydrogens (primary N) is 2. The zero-order chi connectivity index (χ0) is 33.9. The van der Waals surface area contributed by atoms with E-state index in [9.17, 15) is 24.3 Å². The van der Waals surface area contributed by atoms with Crippen molar-refractivity contribution in [3.05, 3.63) is 42.0 Å². The van der Waals surface area contributed by atoms with Crippen LogP contribution in [0.3, 0.4) is 0 Å². The van der Waals surface area contributed by atoms with E-state index in [-0.39, 0.29) is 23.8 Å². The molecule has 15 heteroatoms. The second-order valence-corrected chi connectivity index (χ2v) is 11.8. The highest BCUT2D eigenvalue weighted by atomic mass is 16.7. The Kier molecular flexibility index (Phi) is 12.5. The van der Waals surface area contributed by atoms with E-state index >= 15 is 0 Å². The lowest BCUT2D eigenvalue weighted by molar-refractivity contribution is -0.153. The lowest BCUT2D eigenvalue weighted by atomic mass is 10.2. The van der Waals surface area contributed by atoms with E-state index in [1.807, 2.05) is 0 Å². The van der Waals surface area contributed by atoms with Crippen LogP contribution in [0, 0.1) is 6.92 Å². The van der Waals surface area contributed by atoms with Crippen molar-refractivity contribution >= 4 is 35.5 Å². The molecule has 0 saturated carbocycles. The molecule has 0 spiro atoms. The number of nitrogen functional groups attached to an aromatic ring is 2. The summed E-state index contributed by atoms with van der Waals surface area (Å²) in [4.78, 5) is 49.0. The molecule has 2 aromatic rings. The number of hydrogen-bond acceptors (Lipinski definition) is 12. The number of esters is 1. The summed E-state index contributed by atoms with van der Waals surface area (Å²) in [7, 11) is 0. The monoisotopic (exact) mass is 634 g/mol. The minimum Gasteiger partial charge on any atom is -0.489 e. The molecule has 0 aliphatic heterocycles. The van der Waals surface area contributed by atoms with Crippen LogP contribution in [0.15, 0.2) is 36.4 Å². The number of carboxylic acid groups (broad SMARTS) is 1. The summed E-state index contributed by atoms with van der Waals surface area (Å²) in [6.07, 6.45) is -1.80. The molecular weight excluding hydrogens is 592 g/mol. The van der Waals surface area contributed by atoms with Gasteiger partial charge in [0.25, 0.3) is 0 Å². The number of para-hydroxylation sites is 1. The minimum atomic E-state index is -1.45. The summed E-state index contributed by atoms with van der Waals surface area (Å²) >= 11 is 0. The van der Waals surface area contributed by atoms with Gasteiger partial charge in [-0.25, -0.2) is 19.2 Å². The third kappa shape index (κ3) is 13.0. The Morgan fingerprint density at radius 1 is 0.800 bits per heavy atom. The molecule has 2 rings (SSSR count). The molecule has 0 radical (unpaired) electrons. The van der Waals surface area contributed by atoms with E-state index in [0.29, 0.717) is 11.4 Å². The number of amides is 2. The number of carboxylic acids is 1. The number of nitrogens with one attached hydrogen (secondary N) is 2. The number of hydrogen-bond donors (Lipinski definition) is 5. The fourth-order valence-electron chi connectivity index (χ4n) is 3.44. The van der Waals surface area contributed by atoms with Crippen molar-refractivity contribution in [2.24, 2.45) is 0 Å². The third-order valence-electron chi connectivity index (χ3n) is 5.42. The molecule has 15 nitrogen and oxygen atoms in total. The van der Waals surface area contributed by atoms with Gasteiger partial charge in [0.1, 0.15) is 41.7 Å². The first-order chi connectivity index (χ1) is 20.8. The van der Waals surface area contributed by atoms with Crippen molar-refractivity contribution in [2.45, 2.75) is 71.8 Å². The Morgan fingerprint density at radius 2 is 1.38 bits per heavy atom. The van der Waals surface area contributed by atoms with E-state index in [1.165, 1.54) is 18.2 Å². The van der Waals surface area contributed by atoms with Crippen LogP contribution < -0.4 is 36.3 Å². The lowest BCUT2D eigenvalue weighted by Gasteiger charge is -2.23. The van der Waals surface area contributed by atoms with Gasteiger partial charge in [-0.05, 0) is 72.2 Å². The number of alkyl carbamates (subject to hydrolysis) is 2. The number of rotatable bonds is 13. The number of aliphatic carboxylic acids is 1. The summed E-state index contributed by atoms with van der Waals surface area (Å²) in [5.74, 6) is -1.71. The molecule has 0 aliphatic rings. The first-order valence-electron chi connectivity index (χ1n) is 13.9. The van der Waals surface area contributed by atoms with Crippen LogP contribution in [-0.2, 0) is 23.8 Å². The van der Waals surface area contributed by atoms with Crippen LogP contribution >= 0.6 is 0 Å². The topological polar surface area (TPSA) is 220 Å². The second-order valence-electron chi connectivity index (χ2n) is 11.8. The van der Waals surface area contributed by atoms with Gasteiger partial charge < -0.3 is 55.6 Å². The summed E-state index contributed by atoms with van der Waals surface area (Å²) in [5, 5.41) is 14.1. The van der Waals surface area contributed by atoms with Gasteiger partial charge in [-0.2, -0.15) is 0 Å². The van der Waals surface area contributed by atoms with E-state index in [2.05, 4.69) is 10.6 Å². The SMILES string of the molecule is Cc1cccc(N)c1OC[C@H](NC(=O)OC(C)(C)C)C(=O)OCOc1ccc(N)c(OC[C@H](NC(=O)OC(C)(C)C)C(=O)O)c1. The van der Waals surface area contributed by atoms with Gasteiger partial charge in [-0.3, -0.25) is 0 Å². The Hall–Kier alpha value is -5.08. The average Bonchev–Trinajstić information content (AvgIpc) is 2.89. The van der Waals surface area contributed by atoms with E-state index in [0.717, 1.165) is 5.56 Å². The second kappa shape index (κ2) is 15.6. The Morgan fingerprint density at radius 3 is 1.93 bits per heavy atom.